The molecular weight excluding hydrogens is 454 g/mol. The van der Waals surface area contributed by atoms with Gasteiger partial charge in [0.25, 0.3) is 10.0 Å². The van der Waals surface area contributed by atoms with Gasteiger partial charge >= 0.3 is 0 Å². The molecule has 1 unspecified atom stereocenters. The van der Waals surface area contributed by atoms with Crippen LogP contribution in [-0.2, 0) is 26.2 Å². The molecule has 9 nitrogen and oxygen atoms in total. The van der Waals surface area contributed by atoms with E-state index in [4.69, 9.17) is 0 Å². The van der Waals surface area contributed by atoms with Gasteiger partial charge in [-0.25, -0.2) is 0 Å². The van der Waals surface area contributed by atoms with Gasteiger partial charge in [-0.2, -0.15) is 8.42 Å². The molecule has 2 saturated heterocycles. The number of anilines is 1. The summed E-state index contributed by atoms with van der Waals surface area (Å²) < 4.78 is 29.9. The molecule has 3 heterocycles. The number of pyridine rings is 1. The fourth-order valence-electron chi connectivity index (χ4n) is 4.20. The molecule has 1 atom stereocenters. The molecule has 1 N–H and O–H groups in total. The summed E-state index contributed by atoms with van der Waals surface area (Å²) in [7, 11) is -2.06. The zero-order valence-electron chi connectivity index (χ0n) is 19.2. The molecule has 0 bridgehead atoms. The van der Waals surface area contributed by atoms with E-state index in [1.165, 1.54) is 12.1 Å². The van der Waals surface area contributed by atoms with Crippen molar-refractivity contribution in [1.29, 1.82) is 0 Å². The van der Waals surface area contributed by atoms with E-state index >= 15 is 0 Å². The van der Waals surface area contributed by atoms with Gasteiger partial charge in [-0.1, -0.05) is 18.6 Å². The van der Waals surface area contributed by atoms with Crippen LogP contribution in [0, 0.1) is 5.92 Å². The topological polar surface area (TPSA) is 112 Å². The third kappa shape index (κ3) is 5.80. The number of nitrogens with one attached hydrogen (secondary N) is 1. The minimum absolute atomic E-state index is 0.0229. The van der Waals surface area contributed by atoms with Crippen LogP contribution < -0.4 is 5.32 Å². The first kappa shape index (κ1) is 23.9. The highest BCUT2D eigenvalue weighted by molar-refractivity contribution is 7.90. The summed E-state index contributed by atoms with van der Waals surface area (Å²) in [5.41, 5.74) is 1.12. The molecule has 0 aliphatic carbocycles. The van der Waals surface area contributed by atoms with Gasteiger partial charge in [0.1, 0.15) is 5.84 Å². The second-order valence-corrected chi connectivity index (χ2v) is 10.3. The van der Waals surface area contributed by atoms with Crippen LogP contribution in [0.4, 0.5) is 5.69 Å². The van der Waals surface area contributed by atoms with E-state index in [-0.39, 0.29) is 23.1 Å². The molecule has 2 aliphatic heterocycles. The molecule has 10 heteroatoms. The summed E-state index contributed by atoms with van der Waals surface area (Å²) in [5.74, 6) is -0.382. The highest BCUT2D eigenvalue weighted by Crippen LogP contribution is 2.24. The highest BCUT2D eigenvalue weighted by Gasteiger charge is 2.34. The molecule has 1 aromatic carbocycles. The van der Waals surface area contributed by atoms with E-state index in [1.54, 1.807) is 29.3 Å². The van der Waals surface area contributed by atoms with Crippen LogP contribution in [0.5, 0.6) is 0 Å². The number of sulfonamides is 1. The SMILES string of the molecule is CN1CCCCC/C1=N\S(=O)(=O)c1cccc(NC(=O)C2CC(=O)N(Cc3ccccn3)C2)c1. The van der Waals surface area contributed by atoms with E-state index in [1.807, 2.05) is 24.1 Å². The first-order valence-corrected chi connectivity index (χ1v) is 12.9. The molecule has 180 valence electrons. The zero-order valence-corrected chi connectivity index (χ0v) is 20.0. The van der Waals surface area contributed by atoms with Gasteiger partial charge in [0.2, 0.25) is 11.8 Å². The van der Waals surface area contributed by atoms with Crippen molar-refractivity contribution >= 4 is 33.4 Å². The summed E-state index contributed by atoms with van der Waals surface area (Å²) in [5, 5.41) is 2.77. The monoisotopic (exact) mass is 483 g/mol. The lowest BCUT2D eigenvalue weighted by Gasteiger charge is -2.18. The average Bonchev–Trinajstić information content (AvgIpc) is 3.06. The van der Waals surface area contributed by atoms with Crippen molar-refractivity contribution in [2.75, 3.05) is 25.5 Å². The van der Waals surface area contributed by atoms with Gasteiger partial charge in [-0.05, 0) is 43.2 Å². The van der Waals surface area contributed by atoms with Crippen LogP contribution in [0.1, 0.15) is 37.8 Å². The predicted octanol–water partition coefficient (Wildman–Crippen LogP) is 2.66. The van der Waals surface area contributed by atoms with E-state index in [0.29, 0.717) is 31.0 Å². The Morgan fingerprint density at radius 2 is 2.03 bits per heavy atom. The minimum atomic E-state index is -3.91. The first-order chi connectivity index (χ1) is 16.3. The van der Waals surface area contributed by atoms with Gasteiger partial charge in [0.15, 0.2) is 0 Å². The van der Waals surface area contributed by atoms with E-state index < -0.39 is 15.9 Å². The standard InChI is InChI=1S/C24H29N5O4S/c1-28-13-6-2-3-11-22(28)27-34(32,33)21-10-7-9-19(15-21)26-24(31)18-14-23(30)29(16-18)17-20-8-4-5-12-25-20/h4-5,7-10,12,15,18H,2-3,6,11,13-14,16-17H2,1H3,(H,26,31)/b27-22+. The van der Waals surface area contributed by atoms with Gasteiger partial charge in [0.05, 0.1) is 23.1 Å². The molecule has 2 aromatic rings. The minimum Gasteiger partial charge on any atom is -0.362 e. The number of aromatic nitrogens is 1. The zero-order chi connectivity index (χ0) is 24.1. The number of amides is 2. The van der Waals surface area contributed by atoms with Crippen LogP contribution in [0.3, 0.4) is 0 Å². The fraction of sp³-hybridized carbons (Fsp3) is 0.417. The number of carbonyl (C=O) groups is 2. The van der Waals surface area contributed by atoms with Crippen LogP contribution in [0.15, 0.2) is 58.0 Å². The number of hydrogen-bond donors (Lipinski definition) is 1. The number of hydrogen-bond acceptors (Lipinski definition) is 5. The number of amidine groups is 1. The van der Waals surface area contributed by atoms with Crippen LogP contribution >= 0.6 is 0 Å². The normalized spacial score (nSPS) is 20.4. The van der Waals surface area contributed by atoms with Crippen molar-refractivity contribution in [3.05, 3.63) is 54.4 Å². The van der Waals surface area contributed by atoms with E-state index in [2.05, 4.69) is 14.7 Å². The Labute approximate surface area is 199 Å². The Morgan fingerprint density at radius 1 is 1.18 bits per heavy atom. The van der Waals surface area contributed by atoms with Crippen molar-refractivity contribution < 1.29 is 18.0 Å². The van der Waals surface area contributed by atoms with Crippen molar-refractivity contribution in [2.24, 2.45) is 10.3 Å². The third-order valence-corrected chi connectivity index (χ3v) is 7.42. The summed E-state index contributed by atoms with van der Waals surface area (Å²) in [6.45, 7) is 1.42. The number of benzene rings is 1. The average molecular weight is 484 g/mol. The largest absolute Gasteiger partial charge is 0.362 e. The quantitative estimate of drug-likeness (QED) is 0.676. The molecule has 2 amide bonds. The number of nitrogens with zero attached hydrogens (tertiary/aromatic N) is 4. The van der Waals surface area contributed by atoms with Crippen LogP contribution in [0.2, 0.25) is 0 Å². The summed E-state index contributed by atoms with van der Waals surface area (Å²) in [6, 6.07) is 11.6. The Morgan fingerprint density at radius 3 is 2.82 bits per heavy atom. The second kappa shape index (κ2) is 10.3. The van der Waals surface area contributed by atoms with Crippen molar-refractivity contribution in [2.45, 2.75) is 43.5 Å². The number of carbonyl (C=O) groups excluding carboxylic acids is 2. The molecular formula is C24H29N5O4S. The summed E-state index contributed by atoms with van der Waals surface area (Å²) in [6.07, 6.45) is 5.37. The highest BCUT2D eigenvalue weighted by atomic mass is 32.2. The van der Waals surface area contributed by atoms with Crippen molar-refractivity contribution in [3.63, 3.8) is 0 Å². The van der Waals surface area contributed by atoms with Crippen LogP contribution in [0.25, 0.3) is 0 Å². The van der Waals surface area contributed by atoms with Crippen molar-refractivity contribution in [3.8, 4) is 0 Å². The lowest BCUT2D eigenvalue weighted by atomic mass is 10.1. The van der Waals surface area contributed by atoms with Crippen LogP contribution in [-0.4, -0.2) is 61.0 Å². The molecule has 34 heavy (non-hydrogen) atoms. The number of rotatable bonds is 6. The van der Waals surface area contributed by atoms with Crippen molar-refractivity contribution in [1.82, 2.24) is 14.8 Å². The molecule has 2 aliphatic rings. The summed E-state index contributed by atoms with van der Waals surface area (Å²) >= 11 is 0. The summed E-state index contributed by atoms with van der Waals surface area (Å²) in [4.78, 5) is 33.0. The Hall–Kier alpha value is -3.27. The lowest BCUT2D eigenvalue weighted by Crippen LogP contribution is -2.28. The second-order valence-electron chi connectivity index (χ2n) is 8.73. The smallest absolute Gasteiger partial charge is 0.284 e. The molecule has 0 spiro atoms. The Bertz CT molecular complexity index is 1180. The van der Waals surface area contributed by atoms with Gasteiger partial charge in [0, 0.05) is 44.9 Å². The van der Waals surface area contributed by atoms with Gasteiger partial charge in [-0.15, -0.1) is 4.40 Å². The maximum Gasteiger partial charge on any atom is 0.284 e. The van der Waals surface area contributed by atoms with Gasteiger partial charge < -0.3 is 15.1 Å². The molecule has 0 radical (unpaired) electrons. The Balaban J connectivity index is 1.43. The molecule has 4 rings (SSSR count). The molecule has 0 saturated carbocycles. The molecule has 2 fully saturated rings. The predicted molar refractivity (Wildman–Crippen MR) is 129 cm³/mol. The maximum atomic E-state index is 12.9. The first-order valence-electron chi connectivity index (χ1n) is 11.5. The van der Waals surface area contributed by atoms with E-state index in [0.717, 1.165) is 31.5 Å². The molecule has 1 aromatic heterocycles. The maximum absolute atomic E-state index is 12.9. The Kier molecular flexibility index (Phi) is 7.26. The lowest BCUT2D eigenvalue weighted by molar-refractivity contribution is -0.128. The third-order valence-electron chi connectivity index (χ3n) is 6.12. The number of likely N-dealkylation sites (tertiary alicyclic amines) is 2. The van der Waals surface area contributed by atoms with Gasteiger partial charge in [-0.3, -0.25) is 14.6 Å². The van der Waals surface area contributed by atoms with E-state index in [9.17, 15) is 18.0 Å². The fourth-order valence-corrected chi connectivity index (χ4v) is 5.34.